The highest BCUT2D eigenvalue weighted by Gasteiger charge is 2.39. The largest absolute Gasteiger partial charge is 0.390 e. The number of amides is 1. The molecule has 0 saturated carbocycles. The van der Waals surface area contributed by atoms with E-state index < -0.39 is 6.10 Å². The number of piperazine rings is 1. The summed E-state index contributed by atoms with van der Waals surface area (Å²) < 4.78 is 5.56. The van der Waals surface area contributed by atoms with Crippen molar-refractivity contribution in [3.63, 3.8) is 0 Å². The number of carbonyl (C=O) groups is 1. The van der Waals surface area contributed by atoms with E-state index in [4.69, 9.17) is 26.3 Å². The van der Waals surface area contributed by atoms with E-state index in [9.17, 15) is 9.90 Å². The van der Waals surface area contributed by atoms with Gasteiger partial charge in [0, 0.05) is 62.9 Å². The Bertz CT molecular complexity index is 1260. The summed E-state index contributed by atoms with van der Waals surface area (Å²) in [6, 6.07) is 14.9. The number of hydrogen-bond acceptors (Lipinski definition) is 8. The van der Waals surface area contributed by atoms with Crippen molar-refractivity contribution in [1.29, 1.82) is 0 Å². The maximum atomic E-state index is 12.9. The number of aliphatic hydroxyl groups excluding tert-OH is 1. The molecule has 3 saturated heterocycles. The molecule has 0 radical (unpaired) electrons. The van der Waals surface area contributed by atoms with Crippen molar-refractivity contribution in [1.82, 2.24) is 19.8 Å². The second kappa shape index (κ2) is 10.4. The highest BCUT2D eigenvalue weighted by atomic mass is 35.5. The quantitative estimate of drug-likeness (QED) is 0.558. The van der Waals surface area contributed by atoms with Crippen molar-refractivity contribution in [3.8, 4) is 0 Å². The molecule has 1 N–H and O–H groups in total. The number of nitrogens with zero attached hydrogens (tertiary/aromatic N) is 6. The number of aromatic nitrogens is 2. The van der Waals surface area contributed by atoms with Crippen molar-refractivity contribution in [2.45, 2.75) is 12.1 Å². The summed E-state index contributed by atoms with van der Waals surface area (Å²) in [6.45, 7) is 6.71. The number of halogens is 1. The molecule has 2 unspecified atom stereocenters. The summed E-state index contributed by atoms with van der Waals surface area (Å²) in [5.41, 5.74) is 2.36. The Morgan fingerprint density at radius 1 is 0.838 bits per heavy atom. The Balaban J connectivity index is 1.17. The van der Waals surface area contributed by atoms with Gasteiger partial charge in [0.15, 0.2) is 11.6 Å². The maximum Gasteiger partial charge on any atom is 0.253 e. The van der Waals surface area contributed by atoms with Gasteiger partial charge in [0.05, 0.1) is 36.4 Å². The predicted octanol–water partition coefficient (Wildman–Crippen LogP) is 2.13. The lowest BCUT2D eigenvalue weighted by Crippen LogP contribution is -2.54. The number of aliphatic hydroxyl groups is 1. The molecular formula is C27H31ClN6O3. The van der Waals surface area contributed by atoms with E-state index in [1.165, 1.54) is 0 Å². The molecule has 0 spiro atoms. The fourth-order valence-electron chi connectivity index (χ4n) is 5.51. The van der Waals surface area contributed by atoms with Crippen molar-refractivity contribution in [2.75, 3.05) is 75.4 Å². The standard InChI is InChI=1S/C27H31ClN6O3/c28-20-7-5-19(6-8-20)27(36)33-11-9-31(10-12-33)23-17-34(18-24(23)35)26-25(32-13-15-37-16-14-32)29-21-3-1-2-4-22(21)30-26/h1-8,23-24,35H,9-18H2. The Labute approximate surface area is 221 Å². The van der Waals surface area contributed by atoms with E-state index >= 15 is 0 Å². The lowest BCUT2D eigenvalue weighted by molar-refractivity contribution is 0.0376. The van der Waals surface area contributed by atoms with Crippen LogP contribution in [0.15, 0.2) is 48.5 Å². The van der Waals surface area contributed by atoms with Crippen LogP contribution in [0.2, 0.25) is 5.02 Å². The van der Waals surface area contributed by atoms with Gasteiger partial charge in [0.1, 0.15) is 0 Å². The Kier molecular flexibility index (Phi) is 6.86. The monoisotopic (exact) mass is 522 g/mol. The lowest BCUT2D eigenvalue weighted by Gasteiger charge is -2.39. The van der Waals surface area contributed by atoms with Gasteiger partial charge in [-0.25, -0.2) is 9.97 Å². The zero-order valence-corrected chi connectivity index (χ0v) is 21.4. The van der Waals surface area contributed by atoms with Crippen LogP contribution in [0.25, 0.3) is 11.0 Å². The molecule has 0 aliphatic carbocycles. The third-order valence-corrected chi connectivity index (χ3v) is 7.82. The molecule has 3 fully saturated rings. The molecule has 10 heteroatoms. The van der Waals surface area contributed by atoms with Crippen molar-refractivity contribution >= 4 is 40.2 Å². The van der Waals surface area contributed by atoms with Crippen LogP contribution in [0, 0.1) is 0 Å². The van der Waals surface area contributed by atoms with Gasteiger partial charge in [-0.05, 0) is 36.4 Å². The van der Waals surface area contributed by atoms with E-state index in [0.29, 0.717) is 63.1 Å². The number of carbonyl (C=O) groups excluding carboxylic acids is 1. The van der Waals surface area contributed by atoms with Gasteiger partial charge in [0.25, 0.3) is 5.91 Å². The summed E-state index contributed by atoms with van der Waals surface area (Å²) in [7, 11) is 0. The molecule has 3 aliphatic rings. The summed E-state index contributed by atoms with van der Waals surface area (Å²) in [4.78, 5) is 31.5. The zero-order chi connectivity index (χ0) is 25.4. The molecule has 37 heavy (non-hydrogen) atoms. The second-order valence-electron chi connectivity index (χ2n) is 9.83. The SMILES string of the molecule is O=C(c1ccc(Cl)cc1)N1CCN(C2CN(c3nc4ccccc4nc3N3CCOCC3)CC2O)CC1. The molecule has 9 nitrogen and oxygen atoms in total. The van der Waals surface area contributed by atoms with Crippen LogP contribution in [0.3, 0.4) is 0 Å². The molecular weight excluding hydrogens is 492 g/mol. The normalized spacial score (nSPS) is 23.1. The van der Waals surface area contributed by atoms with Gasteiger partial charge in [-0.3, -0.25) is 9.69 Å². The molecule has 2 atom stereocenters. The minimum Gasteiger partial charge on any atom is -0.390 e. The lowest BCUT2D eigenvalue weighted by atomic mass is 10.1. The highest BCUT2D eigenvalue weighted by molar-refractivity contribution is 6.30. The first kappa shape index (κ1) is 24.4. The van der Waals surface area contributed by atoms with Crippen LogP contribution in [0.5, 0.6) is 0 Å². The first-order chi connectivity index (χ1) is 18.1. The minimum absolute atomic E-state index is 0.0199. The summed E-state index contributed by atoms with van der Waals surface area (Å²) in [6.07, 6.45) is -0.510. The van der Waals surface area contributed by atoms with E-state index in [-0.39, 0.29) is 11.9 Å². The van der Waals surface area contributed by atoms with Gasteiger partial charge in [-0.2, -0.15) is 0 Å². The summed E-state index contributed by atoms with van der Waals surface area (Å²) >= 11 is 5.97. The average molecular weight is 523 g/mol. The molecule has 1 aromatic heterocycles. The van der Waals surface area contributed by atoms with Crippen molar-refractivity contribution in [2.24, 2.45) is 0 Å². The van der Waals surface area contributed by atoms with Crippen molar-refractivity contribution in [3.05, 3.63) is 59.1 Å². The van der Waals surface area contributed by atoms with Crippen LogP contribution < -0.4 is 9.80 Å². The van der Waals surface area contributed by atoms with Gasteiger partial charge >= 0.3 is 0 Å². The van der Waals surface area contributed by atoms with Crippen LogP contribution in [-0.4, -0.2) is 108 Å². The third kappa shape index (κ3) is 4.96. The minimum atomic E-state index is -0.510. The molecule has 1 amide bonds. The molecule has 194 valence electrons. The second-order valence-corrected chi connectivity index (χ2v) is 10.3. The number of fused-ring (bicyclic) bond motifs is 1. The molecule has 3 aromatic rings. The molecule has 6 rings (SSSR count). The van der Waals surface area contributed by atoms with E-state index in [2.05, 4.69) is 14.7 Å². The van der Waals surface area contributed by atoms with Gasteiger partial charge in [0.2, 0.25) is 0 Å². The molecule has 4 heterocycles. The number of β-amino-alcohol motifs (C(OH)–C–C–N with tert-alkyl or cyclic N) is 1. The number of ether oxygens (including phenoxy) is 1. The number of morpholine rings is 1. The van der Waals surface area contributed by atoms with Crippen molar-refractivity contribution < 1.29 is 14.6 Å². The number of benzene rings is 2. The van der Waals surface area contributed by atoms with Crippen LogP contribution in [-0.2, 0) is 4.74 Å². The Morgan fingerprint density at radius 3 is 2.11 bits per heavy atom. The predicted molar refractivity (Wildman–Crippen MR) is 144 cm³/mol. The van der Waals surface area contributed by atoms with Gasteiger partial charge in [-0.1, -0.05) is 23.7 Å². The van der Waals surface area contributed by atoms with Crippen LogP contribution in [0.4, 0.5) is 11.6 Å². The third-order valence-electron chi connectivity index (χ3n) is 7.57. The smallest absolute Gasteiger partial charge is 0.253 e. The van der Waals surface area contributed by atoms with Crippen LogP contribution in [0.1, 0.15) is 10.4 Å². The zero-order valence-electron chi connectivity index (χ0n) is 20.7. The summed E-state index contributed by atoms with van der Waals surface area (Å²) in [5.74, 6) is 1.69. The number of hydrogen-bond donors (Lipinski definition) is 1. The van der Waals surface area contributed by atoms with E-state index in [1.54, 1.807) is 24.3 Å². The Hall–Kier alpha value is -2.98. The average Bonchev–Trinajstić information content (AvgIpc) is 3.34. The number of anilines is 2. The highest BCUT2D eigenvalue weighted by Crippen LogP contribution is 2.32. The first-order valence-corrected chi connectivity index (χ1v) is 13.3. The summed E-state index contributed by atoms with van der Waals surface area (Å²) in [5, 5.41) is 11.7. The first-order valence-electron chi connectivity index (χ1n) is 12.9. The van der Waals surface area contributed by atoms with E-state index in [0.717, 1.165) is 35.8 Å². The maximum absolute atomic E-state index is 12.9. The molecule has 2 aromatic carbocycles. The fourth-order valence-corrected chi connectivity index (χ4v) is 5.64. The van der Waals surface area contributed by atoms with Gasteiger partial charge in [-0.15, -0.1) is 0 Å². The molecule has 0 bridgehead atoms. The number of rotatable bonds is 4. The van der Waals surface area contributed by atoms with E-state index in [1.807, 2.05) is 29.2 Å². The van der Waals surface area contributed by atoms with Crippen LogP contribution >= 0.6 is 11.6 Å². The topological polar surface area (TPSA) is 85.3 Å². The number of para-hydroxylation sites is 2. The molecule has 3 aliphatic heterocycles. The van der Waals surface area contributed by atoms with Gasteiger partial charge < -0.3 is 24.5 Å². The Morgan fingerprint density at radius 2 is 1.46 bits per heavy atom. The fraction of sp³-hybridized carbons (Fsp3) is 0.444.